The van der Waals surface area contributed by atoms with E-state index in [1.165, 1.54) is 0 Å². The number of nitrogens with one attached hydrogen (secondary N) is 1. The topological polar surface area (TPSA) is 88.5 Å². The number of nitrogens with two attached hydrogens (primary N) is 1. The van der Waals surface area contributed by atoms with Gasteiger partial charge in [0.15, 0.2) is 5.65 Å². The fourth-order valence-corrected chi connectivity index (χ4v) is 2.47. The SMILES string of the molecule is CC(C)(O)CCNc1ccc2ncc(-c3ccc(CN)cc3)n2n1. The van der Waals surface area contributed by atoms with Gasteiger partial charge in [-0.25, -0.2) is 9.50 Å². The van der Waals surface area contributed by atoms with E-state index in [9.17, 15) is 5.11 Å². The van der Waals surface area contributed by atoms with Gasteiger partial charge in [0.2, 0.25) is 0 Å². The van der Waals surface area contributed by atoms with Gasteiger partial charge in [0, 0.05) is 18.7 Å². The molecule has 2 heterocycles. The molecule has 0 saturated carbocycles. The lowest BCUT2D eigenvalue weighted by atomic mass is 10.1. The highest BCUT2D eigenvalue weighted by molar-refractivity contribution is 5.63. The normalized spacial score (nSPS) is 11.8. The van der Waals surface area contributed by atoms with Crippen molar-refractivity contribution in [2.24, 2.45) is 5.73 Å². The Morgan fingerprint density at radius 1 is 1.17 bits per heavy atom. The van der Waals surface area contributed by atoms with Crippen LogP contribution in [0.2, 0.25) is 0 Å². The summed E-state index contributed by atoms with van der Waals surface area (Å²) in [5.74, 6) is 0.754. The number of rotatable bonds is 6. The Bertz CT molecular complexity index is 818. The van der Waals surface area contributed by atoms with Gasteiger partial charge in [-0.3, -0.25) is 0 Å². The molecule has 0 fully saturated rings. The molecule has 0 aliphatic carbocycles. The van der Waals surface area contributed by atoms with Gasteiger partial charge in [-0.05, 0) is 38.0 Å². The van der Waals surface area contributed by atoms with Crippen molar-refractivity contribution in [1.29, 1.82) is 0 Å². The molecule has 0 amide bonds. The number of anilines is 1. The largest absolute Gasteiger partial charge is 0.390 e. The van der Waals surface area contributed by atoms with E-state index >= 15 is 0 Å². The van der Waals surface area contributed by atoms with Crippen LogP contribution in [-0.2, 0) is 6.54 Å². The van der Waals surface area contributed by atoms with E-state index < -0.39 is 5.60 Å². The fourth-order valence-electron chi connectivity index (χ4n) is 2.47. The number of hydrogen-bond donors (Lipinski definition) is 3. The van der Waals surface area contributed by atoms with E-state index in [1.54, 1.807) is 13.8 Å². The van der Waals surface area contributed by atoms with E-state index in [4.69, 9.17) is 5.73 Å². The lowest BCUT2D eigenvalue weighted by Gasteiger charge is -2.17. The first-order valence-corrected chi connectivity index (χ1v) is 8.07. The molecule has 0 saturated heterocycles. The van der Waals surface area contributed by atoms with Crippen molar-refractivity contribution in [3.05, 3.63) is 48.2 Å². The molecule has 6 nitrogen and oxygen atoms in total. The quantitative estimate of drug-likeness (QED) is 0.648. The minimum Gasteiger partial charge on any atom is -0.390 e. The molecule has 3 aromatic rings. The molecule has 24 heavy (non-hydrogen) atoms. The molecular weight excluding hydrogens is 302 g/mol. The van der Waals surface area contributed by atoms with Crippen LogP contribution in [0.15, 0.2) is 42.6 Å². The average molecular weight is 325 g/mol. The van der Waals surface area contributed by atoms with Crippen LogP contribution in [0, 0.1) is 0 Å². The monoisotopic (exact) mass is 325 g/mol. The highest BCUT2D eigenvalue weighted by atomic mass is 16.3. The third-order valence-corrected chi connectivity index (χ3v) is 3.89. The minimum atomic E-state index is -0.692. The highest BCUT2D eigenvalue weighted by Gasteiger charge is 2.12. The molecule has 0 aliphatic rings. The summed E-state index contributed by atoms with van der Waals surface area (Å²) in [4.78, 5) is 4.41. The minimum absolute atomic E-state index is 0.529. The van der Waals surface area contributed by atoms with Crippen LogP contribution in [0.1, 0.15) is 25.8 Å². The van der Waals surface area contributed by atoms with Crippen LogP contribution < -0.4 is 11.1 Å². The average Bonchev–Trinajstić information content (AvgIpc) is 2.97. The molecule has 0 radical (unpaired) electrons. The molecule has 4 N–H and O–H groups in total. The number of hydrogen-bond acceptors (Lipinski definition) is 5. The summed E-state index contributed by atoms with van der Waals surface area (Å²) < 4.78 is 1.82. The first kappa shape index (κ1) is 16.4. The first-order chi connectivity index (χ1) is 11.5. The van der Waals surface area contributed by atoms with Crippen LogP contribution in [0.5, 0.6) is 0 Å². The fraction of sp³-hybridized carbons (Fsp3) is 0.333. The van der Waals surface area contributed by atoms with Crippen molar-refractivity contribution in [2.45, 2.75) is 32.4 Å². The van der Waals surface area contributed by atoms with Gasteiger partial charge in [0.25, 0.3) is 0 Å². The zero-order valence-electron chi connectivity index (χ0n) is 14.0. The molecule has 2 aromatic heterocycles. The number of fused-ring (bicyclic) bond motifs is 1. The smallest absolute Gasteiger partial charge is 0.154 e. The Balaban J connectivity index is 1.85. The Morgan fingerprint density at radius 3 is 2.58 bits per heavy atom. The van der Waals surface area contributed by atoms with Crippen LogP contribution in [-0.4, -0.2) is 31.9 Å². The van der Waals surface area contributed by atoms with Crippen molar-refractivity contribution in [3.8, 4) is 11.3 Å². The summed E-state index contributed by atoms with van der Waals surface area (Å²) in [5, 5.41) is 17.6. The lowest BCUT2D eigenvalue weighted by Crippen LogP contribution is -2.23. The number of aromatic nitrogens is 3. The maximum atomic E-state index is 9.79. The molecule has 3 rings (SSSR count). The Morgan fingerprint density at radius 2 is 1.92 bits per heavy atom. The number of nitrogens with zero attached hydrogens (tertiary/aromatic N) is 3. The second-order valence-electron chi connectivity index (χ2n) is 6.52. The first-order valence-electron chi connectivity index (χ1n) is 8.07. The van der Waals surface area contributed by atoms with Crippen molar-refractivity contribution in [3.63, 3.8) is 0 Å². The summed E-state index contributed by atoms with van der Waals surface area (Å²) in [6, 6.07) is 11.9. The van der Waals surface area contributed by atoms with Crippen molar-refractivity contribution in [1.82, 2.24) is 14.6 Å². The summed E-state index contributed by atoms with van der Waals surface area (Å²) in [6.45, 7) is 4.77. The maximum Gasteiger partial charge on any atom is 0.154 e. The predicted molar refractivity (Wildman–Crippen MR) is 95.7 cm³/mol. The third kappa shape index (κ3) is 3.72. The van der Waals surface area contributed by atoms with E-state index in [-0.39, 0.29) is 0 Å². The molecule has 0 spiro atoms. The summed E-state index contributed by atoms with van der Waals surface area (Å²) in [5.41, 5.74) is 8.81. The highest BCUT2D eigenvalue weighted by Crippen LogP contribution is 2.21. The van der Waals surface area contributed by atoms with Gasteiger partial charge >= 0.3 is 0 Å². The number of benzene rings is 1. The van der Waals surface area contributed by atoms with Crippen LogP contribution >= 0.6 is 0 Å². The lowest BCUT2D eigenvalue weighted by molar-refractivity contribution is 0.0748. The second-order valence-corrected chi connectivity index (χ2v) is 6.52. The summed E-state index contributed by atoms with van der Waals surface area (Å²) >= 11 is 0. The molecular formula is C18H23N5O. The van der Waals surface area contributed by atoms with E-state index in [0.717, 1.165) is 28.3 Å². The zero-order valence-corrected chi connectivity index (χ0v) is 14.0. The molecule has 1 aromatic carbocycles. The molecule has 0 bridgehead atoms. The number of aliphatic hydroxyl groups is 1. The van der Waals surface area contributed by atoms with Crippen LogP contribution in [0.3, 0.4) is 0 Å². The van der Waals surface area contributed by atoms with E-state index in [1.807, 2.05) is 47.1 Å². The number of imidazole rings is 1. The molecule has 0 atom stereocenters. The Kier molecular flexibility index (Phi) is 4.51. The van der Waals surface area contributed by atoms with Crippen molar-refractivity contribution in [2.75, 3.05) is 11.9 Å². The molecule has 6 heteroatoms. The van der Waals surface area contributed by atoms with Crippen molar-refractivity contribution < 1.29 is 5.11 Å². The summed E-state index contributed by atoms with van der Waals surface area (Å²) in [7, 11) is 0. The molecule has 126 valence electrons. The third-order valence-electron chi connectivity index (χ3n) is 3.89. The molecule has 0 unspecified atom stereocenters. The Labute approximate surface area is 141 Å². The predicted octanol–water partition coefficient (Wildman–Crippen LogP) is 2.43. The van der Waals surface area contributed by atoms with Crippen LogP contribution in [0.25, 0.3) is 16.9 Å². The van der Waals surface area contributed by atoms with E-state index in [0.29, 0.717) is 19.5 Å². The van der Waals surface area contributed by atoms with Gasteiger partial charge in [-0.2, -0.15) is 0 Å². The van der Waals surface area contributed by atoms with Gasteiger partial charge in [0.05, 0.1) is 17.5 Å². The van der Waals surface area contributed by atoms with Crippen molar-refractivity contribution >= 4 is 11.5 Å². The van der Waals surface area contributed by atoms with Gasteiger partial charge in [0.1, 0.15) is 5.82 Å². The van der Waals surface area contributed by atoms with Crippen LogP contribution in [0.4, 0.5) is 5.82 Å². The van der Waals surface area contributed by atoms with E-state index in [2.05, 4.69) is 15.4 Å². The van der Waals surface area contributed by atoms with Gasteiger partial charge in [-0.1, -0.05) is 24.3 Å². The zero-order chi connectivity index (χ0) is 17.2. The molecule has 0 aliphatic heterocycles. The van der Waals surface area contributed by atoms with Gasteiger partial charge in [-0.15, -0.1) is 5.10 Å². The Hall–Kier alpha value is -2.44. The maximum absolute atomic E-state index is 9.79. The van der Waals surface area contributed by atoms with Gasteiger partial charge < -0.3 is 16.2 Å². The summed E-state index contributed by atoms with van der Waals surface area (Å²) in [6.07, 6.45) is 2.46. The second kappa shape index (κ2) is 6.59. The standard InChI is InChI=1S/C18H23N5O/c1-18(2,24)9-10-20-16-7-8-17-21-12-15(23(17)22-16)14-5-3-13(11-19)4-6-14/h3-8,12,24H,9-11,19H2,1-2H3,(H,20,22).